The van der Waals surface area contributed by atoms with Crippen LogP contribution in [0.1, 0.15) is 5.56 Å². The lowest BCUT2D eigenvalue weighted by atomic mass is 10.2. The van der Waals surface area contributed by atoms with Gasteiger partial charge >= 0.3 is 0 Å². The van der Waals surface area contributed by atoms with E-state index in [4.69, 9.17) is 0 Å². The first-order valence-electron chi connectivity index (χ1n) is 4.17. The summed E-state index contributed by atoms with van der Waals surface area (Å²) in [6.07, 6.45) is 3.89. The Morgan fingerprint density at radius 2 is 2.14 bits per heavy atom. The van der Waals surface area contributed by atoms with E-state index < -0.39 is 0 Å². The van der Waals surface area contributed by atoms with E-state index in [2.05, 4.69) is 49.7 Å². The summed E-state index contributed by atoms with van der Waals surface area (Å²) in [6.45, 7) is 0.810. The Labute approximate surface area is 105 Å². The third kappa shape index (κ3) is 2.36. The van der Waals surface area contributed by atoms with Gasteiger partial charge in [0.05, 0.1) is 16.3 Å². The van der Waals surface area contributed by atoms with Crippen molar-refractivity contribution in [2.24, 2.45) is 0 Å². The first-order chi connectivity index (χ1) is 6.75. The molecule has 2 aromatic rings. The highest BCUT2D eigenvalue weighted by atomic mass is 127. The minimum Gasteiger partial charge on any atom is -0.267 e. The summed E-state index contributed by atoms with van der Waals surface area (Å²) in [5, 5.41) is 4.24. The maximum atomic E-state index is 4.24. The highest BCUT2D eigenvalue weighted by Gasteiger charge is 2.00. The molecule has 1 aromatic carbocycles. The van der Waals surface area contributed by atoms with Gasteiger partial charge < -0.3 is 0 Å². The second-order valence-corrected chi connectivity index (χ2v) is 5.05. The average Bonchev–Trinajstić information content (AvgIpc) is 2.56. The molecule has 4 heteroatoms. The Hall–Kier alpha value is -0.360. The molecule has 72 valence electrons. The molecule has 0 bridgehead atoms. The summed E-state index contributed by atoms with van der Waals surface area (Å²) in [5.74, 6) is 0. The third-order valence-corrected chi connectivity index (χ3v) is 3.22. The van der Waals surface area contributed by atoms with E-state index in [1.54, 1.807) is 0 Å². The molecule has 1 heterocycles. The topological polar surface area (TPSA) is 17.8 Å². The van der Waals surface area contributed by atoms with Gasteiger partial charge in [-0.1, -0.05) is 34.1 Å². The van der Waals surface area contributed by atoms with Gasteiger partial charge in [-0.05, 0) is 34.2 Å². The molecule has 2 rings (SSSR count). The van der Waals surface area contributed by atoms with Crippen LogP contribution in [-0.2, 0) is 6.54 Å². The lowest BCUT2D eigenvalue weighted by Gasteiger charge is -2.03. The molecule has 0 spiro atoms. The second-order valence-electron chi connectivity index (χ2n) is 2.95. The van der Waals surface area contributed by atoms with E-state index in [-0.39, 0.29) is 0 Å². The van der Waals surface area contributed by atoms with Crippen molar-refractivity contribution < 1.29 is 0 Å². The number of rotatable bonds is 2. The van der Waals surface area contributed by atoms with Crippen LogP contribution >= 0.6 is 38.5 Å². The Balaban J connectivity index is 2.23. The van der Waals surface area contributed by atoms with Crippen molar-refractivity contribution in [3.05, 3.63) is 50.3 Å². The molecule has 0 unspecified atom stereocenters. The number of hydrogen-bond donors (Lipinski definition) is 0. The van der Waals surface area contributed by atoms with Crippen molar-refractivity contribution in [2.45, 2.75) is 6.54 Å². The van der Waals surface area contributed by atoms with Crippen LogP contribution < -0.4 is 0 Å². The molecule has 0 amide bonds. The van der Waals surface area contributed by atoms with Crippen LogP contribution in [0.15, 0.2) is 41.1 Å². The fourth-order valence-electron chi connectivity index (χ4n) is 1.23. The first kappa shape index (κ1) is 10.2. The smallest absolute Gasteiger partial charge is 0.0670 e. The van der Waals surface area contributed by atoms with Crippen LogP contribution in [0.5, 0.6) is 0 Å². The Morgan fingerprint density at radius 3 is 2.79 bits per heavy atom. The lowest BCUT2D eigenvalue weighted by molar-refractivity contribution is 0.684. The highest BCUT2D eigenvalue weighted by Crippen LogP contribution is 2.16. The van der Waals surface area contributed by atoms with Crippen molar-refractivity contribution in [3.63, 3.8) is 0 Å². The first-order valence-corrected chi connectivity index (χ1v) is 6.04. The van der Waals surface area contributed by atoms with Crippen molar-refractivity contribution >= 4 is 38.5 Å². The summed E-state index contributed by atoms with van der Waals surface area (Å²) in [4.78, 5) is 0. The molecule has 0 atom stereocenters. The molecular weight excluding hydrogens is 355 g/mol. The van der Waals surface area contributed by atoms with E-state index in [1.807, 2.05) is 35.3 Å². The predicted octanol–water partition coefficient (Wildman–Crippen LogP) is 3.30. The standard InChI is InChI=1S/C10H8BrIN2/c11-10-4-2-1-3-8(10)6-14-7-9(12)5-13-14/h1-5,7H,6H2. The minimum absolute atomic E-state index is 0.810. The van der Waals surface area contributed by atoms with Gasteiger partial charge in [-0.25, -0.2) is 0 Å². The Kier molecular flexibility index (Phi) is 3.22. The van der Waals surface area contributed by atoms with E-state index in [1.165, 1.54) is 5.56 Å². The number of hydrogen-bond acceptors (Lipinski definition) is 1. The maximum Gasteiger partial charge on any atom is 0.0670 e. The van der Waals surface area contributed by atoms with Crippen LogP contribution in [-0.4, -0.2) is 9.78 Å². The van der Waals surface area contributed by atoms with E-state index in [9.17, 15) is 0 Å². The van der Waals surface area contributed by atoms with Crippen LogP contribution in [0, 0.1) is 3.57 Å². The predicted molar refractivity (Wildman–Crippen MR) is 68.2 cm³/mol. The molecule has 0 radical (unpaired) electrons. The minimum atomic E-state index is 0.810. The molecular formula is C10H8BrIN2. The lowest BCUT2D eigenvalue weighted by Crippen LogP contribution is -2.00. The van der Waals surface area contributed by atoms with Gasteiger partial charge in [-0.2, -0.15) is 5.10 Å². The molecule has 0 aliphatic heterocycles. The molecule has 0 aliphatic rings. The summed E-state index contributed by atoms with van der Waals surface area (Å²) in [6, 6.07) is 8.19. The maximum absolute atomic E-state index is 4.24. The van der Waals surface area contributed by atoms with Crippen LogP contribution in [0.25, 0.3) is 0 Å². The third-order valence-electron chi connectivity index (χ3n) is 1.89. The van der Waals surface area contributed by atoms with Crippen LogP contribution in [0.3, 0.4) is 0 Å². The zero-order chi connectivity index (χ0) is 9.97. The molecule has 0 fully saturated rings. The molecule has 1 aromatic heterocycles. The fraction of sp³-hybridized carbons (Fsp3) is 0.100. The molecule has 14 heavy (non-hydrogen) atoms. The van der Waals surface area contributed by atoms with Gasteiger partial charge in [-0.15, -0.1) is 0 Å². The summed E-state index contributed by atoms with van der Waals surface area (Å²) in [5.41, 5.74) is 1.24. The normalized spacial score (nSPS) is 10.4. The van der Waals surface area contributed by atoms with Crippen LogP contribution in [0.4, 0.5) is 0 Å². The van der Waals surface area contributed by atoms with Gasteiger partial charge in [0, 0.05) is 10.7 Å². The largest absolute Gasteiger partial charge is 0.267 e. The Bertz CT molecular complexity index is 439. The molecule has 2 nitrogen and oxygen atoms in total. The van der Waals surface area contributed by atoms with Gasteiger partial charge in [0.25, 0.3) is 0 Å². The van der Waals surface area contributed by atoms with E-state index in [0.29, 0.717) is 0 Å². The SMILES string of the molecule is Brc1ccccc1Cn1cc(I)cn1. The number of aromatic nitrogens is 2. The summed E-state index contributed by atoms with van der Waals surface area (Å²) < 4.78 is 4.22. The second kappa shape index (κ2) is 4.44. The monoisotopic (exact) mass is 362 g/mol. The van der Waals surface area contributed by atoms with Gasteiger partial charge in [-0.3, -0.25) is 4.68 Å². The van der Waals surface area contributed by atoms with Gasteiger partial charge in [0.15, 0.2) is 0 Å². The molecule has 0 saturated heterocycles. The van der Waals surface area contributed by atoms with Gasteiger partial charge in [0.2, 0.25) is 0 Å². The fourth-order valence-corrected chi connectivity index (χ4v) is 2.08. The van der Waals surface area contributed by atoms with Gasteiger partial charge in [0.1, 0.15) is 0 Å². The molecule has 0 aliphatic carbocycles. The molecule has 0 saturated carbocycles. The number of nitrogens with zero attached hydrogens (tertiary/aromatic N) is 2. The van der Waals surface area contributed by atoms with Crippen molar-refractivity contribution in [1.82, 2.24) is 9.78 Å². The van der Waals surface area contributed by atoms with Crippen molar-refractivity contribution in [2.75, 3.05) is 0 Å². The van der Waals surface area contributed by atoms with Crippen LogP contribution in [0.2, 0.25) is 0 Å². The Morgan fingerprint density at radius 1 is 1.36 bits per heavy atom. The van der Waals surface area contributed by atoms with Crippen molar-refractivity contribution in [3.8, 4) is 0 Å². The summed E-state index contributed by atoms with van der Waals surface area (Å²) >= 11 is 5.77. The van der Waals surface area contributed by atoms with E-state index in [0.717, 1.165) is 14.6 Å². The number of halogens is 2. The van der Waals surface area contributed by atoms with E-state index >= 15 is 0 Å². The van der Waals surface area contributed by atoms with Crippen molar-refractivity contribution in [1.29, 1.82) is 0 Å². The highest BCUT2D eigenvalue weighted by molar-refractivity contribution is 14.1. The zero-order valence-corrected chi connectivity index (χ0v) is 11.1. The number of benzene rings is 1. The summed E-state index contributed by atoms with van der Waals surface area (Å²) in [7, 11) is 0. The average molecular weight is 363 g/mol. The molecule has 0 N–H and O–H groups in total. The zero-order valence-electron chi connectivity index (χ0n) is 7.32. The quantitative estimate of drug-likeness (QED) is 0.749.